The van der Waals surface area contributed by atoms with Crippen LogP contribution in [0.25, 0.3) is 0 Å². The molecule has 0 spiro atoms. The maximum atomic E-state index is 4.26. The van der Waals surface area contributed by atoms with Crippen molar-refractivity contribution >= 4 is 11.4 Å². The summed E-state index contributed by atoms with van der Waals surface area (Å²) in [6.45, 7) is 6.25. The summed E-state index contributed by atoms with van der Waals surface area (Å²) in [6, 6.07) is 8.89. The summed E-state index contributed by atoms with van der Waals surface area (Å²) in [5.41, 5.74) is 3.73. The molecular weight excluding hydrogens is 248 g/mol. The van der Waals surface area contributed by atoms with Crippen molar-refractivity contribution in [1.82, 2.24) is 9.78 Å². The Kier molecular flexibility index (Phi) is 3.90. The van der Waals surface area contributed by atoms with E-state index < -0.39 is 0 Å². The first-order valence-corrected chi connectivity index (χ1v) is 7.45. The number of hydrogen-bond acceptors (Lipinski definition) is 3. The summed E-state index contributed by atoms with van der Waals surface area (Å²) in [5, 5.41) is 7.67. The summed E-state index contributed by atoms with van der Waals surface area (Å²) >= 11 is 0. The number of aryl methyl sites for hydroxylation is 1. The van der Waals surface area contributed by atoms with Gasteiger partial charge in [0.05, 0.1) is 11.9 Å². The number of benzene rings is 1. The second-order valence-corrected chi connectivity index (χ2v) is 5.30. The van der Waals surface area contributed by atoms with Crippen molar-refractivity contribution in [3.05, 3.63) is 42.2 Å². The van der Waals surface area contributed by atoms with Crippen LogP contribution >= 0.6 is 0 Å². The molecule has 0 aliphatic carbocycles. The minimum atomic E-state index is 0.843. The van der Waals surface area contributed by atoms with Crippen LogP contribution < -0.4 is 10.2 Å². The van der Waals surface area contributed by atoms with Gasteiger partial charge in [0.2, 0.25) is 0 Å². The first-order chi connectivity index (χ1) is 9.85. The van der Waals surface area contributed by atoms with Crippen LogP contribution in [0.3, 0.4) is 0 Å². The molecule has 1 saturated heterocycles. The molecule has 0 bridgehead atoms. The van der Waals surface area contributed by atoms with Crippen molar-refractivity contribution < 1.29 is 0 Å². The van der Waals surface area contributed by atoms with Crippen molar-refractivity contribution in [2.24, 2.45) is 0 Å². The van der Waals surface area contributed by atoms with E-state index in [-0.39, 0.29) is 0 Å². The van der Waals surface area contributed by atoms with Crippen LogP contribution in [0.5, 0.6) is 0 Å². The first-order valence-electron chi connectivity index (χ1n) is 7.45. The van der Waals surface area contributed by atoms with Crippen LogP contribution in [-0.4, -0.2) is 22.9 Å². The van der Waals surface area contributed by atoms with Gasteiger partial charge in [0, 0.05) is 38.1 Å². The molecule has 1 aromatic carbocycles. The van der Waals surface area contributed by atoms with Gasteiger partial charge in [-0.25, -0.2) is 0 Å². The van der Waals surface area contributed by atoms with Gasteiger partial charge in [-0.15, -0.1) is 0 Å². The minimum Gasteiger partial charge on any atom is -0.378 e. The molecule has 4 nitrogen and oxygen atoms in total. The van der Waals surface area contributed by atoms with Crippen LogP contribution in [-0.2, 0) is 13.1 Å². The lowest BCUT2D eigenvalue weighted by molar-refractivity contribution is 0.660. The largest absolute Gasteiger partial charge is 0.378 e. The monoisotopic (exact) mass is 270 g/mol. The number of hydrogen-bond donors (Lipinski definition) is 1. The van der Waals surface area contributed by atoms with Gasteiger partial charge >= 0.3 is 0 Å². The molecule has 20 heavy (non-hydrogen) atoms. The van der Waals surface area contributed by atoms with E-state index in [2.05, 4.69) is 46.5 Å². The lowest BCUT2D eigenvalue weighted by atomic mass is 10.2. The molecule has 1 aliphatic rings. The van der Waals surface area contributed by atoms with Gasteiger partial charge in [-0.1, -0.05) is 12.1 Å². The summed E-state index contributed by atoms with van der Waals surface area (Å²) in [4.78, 5) is 2.46. The van der Waals surface area contributed by atoms with Gasteiger partial charge in [0.25, 0.3) is 0 Å². The van der Waals surface area contributed by atoms with Gasteiger partial charge in [0.15, 0.2) is 0 Å². The van der Waals surface area contributed by atoms with E-state index in [0.29, 0.717) is 0 Å². The predicted octanol–water partition coefficient (Wildman–Crippen LogP) is 3.12. The quantitative estimate of drug-likeness (QED) is 0.906. The summed E-state index contributed by atoms with van der Waals surface area (Å²) in [6.07, 6.45) is 6.57. The Balaban J connectivity index is 1.57. The zero-order chi connectivity index (χ0) is 13.8. The van der Waals surface area contributed by atoms with Crippen LogP contribution in [0.15, 0.2) is 36.7 Å². The van der Waals surface area contributed by atoms with Gasteiger partial charge < -0.3 is 10.2 Å². The van der Waals surface area contributed by atoms with Crippen LogP contribution in [0.2, 0.25) is 0 Å². The zero-order valence-corrected chi connectivity index (χ0v) is 12.0. The number of nitrogens with one attached hydrogen (secondary N) is 1. The third-order valence-corrected chi connectivity index (χ3v) is 3.86. The minimum absolute atomic E-state index is 0.843. The Bertz CT molecular complexity index is 538. The highest BCUT2D eigenvalue weighted by molar-refractivity contribution is 5.49. The van der Waals surface area contributed by atoms with E-state index in [0.717, 1.165) is 18.8 Å². The van der Waals surface area contributed by atoms with E-state index in [1.165, 1.54) is 37.2 Å². The Morgan fingerprint density at radius 3 is 2.55 bits per heavy atom. The number of aromatic nitrogens is 2. The van der Waals surface area contributed by atoms with Crippen molar-refractivity contribution in [3.8, 4) is 0 Å². The molecular formula is C16H22N4. The van der Waals surface area contributed by atoms with Crippen LogP contribution in [0.4, 0.5) is 11.4 Å². The maximum Gasteiger partial charge on any atom is 0.0729 e. The molecule has 2 aromatic rings. The molecule has 1 aromatic heterocycles. The standard InChI is InChI=1S/C16H22N4/c1-2-20-13-15(12-18-20)17-11-14-5-7-16(8-6-14)19-9-3-4-10-19/h5-8,12-13,17H,2-4,9-11H2,1H3. The Hall–Kier alpha value is -1.97. The second-order valence-electron chi connectivity index (χ2n) is 5.30. The third kappa shape index (κ3) is 2.95. The summed E-state index contributed by atoms with van der Waals surface area (Å²) < 4.78 is 1.93. The van der Waals surface area contributed by atoms with Gasteiger partial charge in [0.1, 0.15) is 0 Å². The summed E-state index contributed by atoms with van der Waals surface area (Å²) in [7, 11) is 0. The molecule has 4 heteroatoms. The number of anilines is 2. The maximum absolute atomic E-state index is 4.26. The molecule has 0 amide bonds. The normalized spacial score (nSPS) is 14.8. The lowest BCUT2D eigenvalue weighted by Crippen LogP contribution is -2.17. The van der Waals surface area contributed by atoms with E-state index in [1.807, 2.05) is 17.1 Å². The molecule has 1 N–H and O–H groups in total. The lowest BCUT2D eigenvalue weighted by Gasteiger charge is -2.17. The fourth-order valence-corrected chi connectivity index (χ4v) is 2.63. The topological polar surface area (TPSA) is 33.1 Å². The average molecular weight is 270 g/mol. The molecule has 0 radical (unpaired) electrons. The van der Waals surface area contributed by atoms with Crippen LogP contribution in [0, 0.1) is 0 Å². The highest BCUT2D eigenvalue weighted by Gasteiger charge is 2.11. The SMILES string of the molecule is CCn1cc(NCc2ccc(N3CCCC3)cc2)cn1. The van der Waals surface area contributed by atoms with Gasteiger partial charge in [-0.05, 0) is 37.5 Å². The third-order valence-electron chi connectivity index (χ3n) is 3.86. The van der Waals surface area contributed by atoms with Crippen molar-refractivity contribution in [3.63, 3.8) is 0 Å². The number of rotatable bonds is 5. The fourth-order valence-electron chi connectivity index (χ4n) is 2.63. The second kappa shape index (κ2) is 5.99. The van der Waals surface area contributed by atoms with E-state index in [1.54, 1.807) is 0 Å². The van der Waals surface area contributed by atoms with E-state index in [9.17, 15) is 0 Å². The van der Waals surface area contributed by atoms with Gasteiger partial charge in [-0.3, -0.25) is 4.68 Å². The van der Waals surface area contributed by atoms with Crippen molar-refractivity contribution in [2.45, 2.75) is 32.9 Å². The Morgan fingerprint density at radius 1 is 1.15 bits per heavy atom. The zero-order valence-electron chi connectivity index (χ0n) is 12.0. The van der Waals surface area contributed by atoms with Crippen LogP contribution in [0.1, 0.15) is 25.3 Å². The van der Waals surface area contributed by atoms with E-state index >= 15 is 0 Å². The molecule has 1 fully saturated rings. The molecule has 3 rings (SSSR count). The first kappa shape index (κ1) is 13.0. The predicted molar refractivity (Wildman–Crippen MR) is 83.1 cm³/mol. The highest BCUT2D eigenvalue weighted by Crippen LogP contribution is 2.20. The molecule has 106 valence electrons. The molecule has 0 unspecified atom stereocenters. The molecule has 0 saturated carbocycles. The van der Waals surface area contributed by atoms with E-state index in [4.69, 9.17) is 0 Å². The highest BCUT2D eigenvalue weighted by atomic mass is 15.3. The number of nitrogens with zero attached hydrogens (tertiary/aromatic N) is 3. The summed E-state index contributed by atoms with van der Waals surface area (Å²) in [5.74, 6) is 0. The fraction of sp³-hybridized carbons (Fsp3) is 0.438. The van der Waals surface area contributed by atoms with Crippen molar-refractivity contribution in [1.29, 1.82) is 0 Å². The Morgan fingerprint density at radius 2 is 1.90 bits per heavy atom. The van der Waals surface area contributed by atoms with Gasteiger partial charge in [-0.2, -0.15) is 5.10 Å². The Labute approximate surface area is 120 Å². The van der Waals surface area contributed by atoms with Crippen molar-refractivity contribution in [2.75, 3.05) is 23.3 Å². The molecule has 0 atom stereocenters. The average Bonchev–Trinajstić information content (AvgIpc) is 3.17. The molecule has 1 aliphatic heterocycles. The smallest absolute Gasteiger partial charge is 0.0729 e. The molecule has 2 heterocycles.